The maximum absolute atomic E-state index is 13.8. The Morgan fingerprint density at radius 2 is 1.44 bits per heavy atom. The average molecular weight is 457 g/mol. The van der Waals surface area contributed by atoms with E-state index in [4.69, 9.17) is 0 Å². The first kappa shape index (κ1) is 25.2. The lowest BCUT2D eigenvalue weighted by Gasteiger charge is -2.32. The number of amides is 2. The normalized spacial score (nSPS) is 11.6. The molecule has 178 valence electrons. The maximum atomic E-state index is 13.8. The van der Waals surface area contributed by atoms with Gasteiger partial charge in [0.05, 0.1) is 6.42 Å². The number of nitrogens with one attached hydrogen (secondary N) is 1. The number of aryl methyl sites for hydroxylation is 3. The molecule has 4 heteroatoms. The van der Waals surface area contributed by atoms with Gasteiger partial charge in [0.15, 0.2) is 0 Å². The van der Waals surface area contributed by atoms with Crippen LogP contribution in [0.15, 0.2) is 72.8 Å². The zero-order valence-corrected chi connectivity index (χ0v) is 20.8. The Balaban J connectivity index is 1.96. The molecular formula is C30H36N2O2. The molecule has 0 spiro atoms. The lowest BCUT2D eigenvalue weighted by atomic mass is 10.00. The molecule has 0 radical (unpaired) electrons. The first-order valence-electron chi connectivity index (χ1n) is 12.1. The van der Waals surface area contributed by atoms with Gasteiger partial charge in [-0.2, -0.15) is 0 Å². The molecule has 0 bridgehead atoms. The van der Waals surface area contributed by atoms with E-state index in [0.717, 1.165) is 34.2 Å². The van der Waals surface area contributed by atoms with Crippen molar-refractivity contribution >= 4 is 11.8 Å². The van der Waals surface area contributed by atoms with Gasteiger partial charge in [0.25, 0.3) is 0 Å². The van der Waals surface area contributed by atoms with Crippen molar-refractivity contribution in [2.45, 2.75) is 59.5 Å². The predicted octanol–water partition coefficient (Wildman–Crippen LogP) is 5.32. The zero-order chi connectivity index (χ0) is 24.5. The van der Waals surface area contributed by atoms with E-state index in [0.29, 0.717) is 19.5 Å². The number of carbonyl (C=O) groups is 2. The highest BCUT2D eigenvalue weighted by Crippen LogP contribution is 2.18. The van der Waals surface area contributed by atoms with E-state index in [1.807, 2.05) is 82.3 Å². The Bertz CT molecular complexity index is 1070. The van der Waals surface area contributed by atoms with E-state index >= 15 is 0 Å². The van der Waals surface area contributed by atoms with Crippen molar-refractivity contribution in [1.82, 2.24) is 10.2 Å². The first-order chi connectivity index (χ1) is 16.4. The van der Waals surface area contributed by atoms with Crippen LogP contribution in [0.4, 0.5) is 0 Å². The molecule has 0 heterocycles. The van der Waals surface area contributed by atoms with Crippen LogP contribution in [-0.4, -0.2) is 29.3 Å². The number of hydrogen-bond donors (Lipinski definition) is 1. The molecule has 3 aromatic rings. The SMILES string of the molecule is CCCNC(=O)[C@@H](Cc1ccccc1)N(Cc1ccc(C)cc1)C(=O)Cc1cc(C)cc(C)c1. The van der Waals surface area contributed by atoms with Crippen molar-refractivity contribution in [3.8, 4) is 0 Å². The highest BCUT2D eigenvalue weighted by atomic mass is 16.2. The summed E-state index contributed by atoms with van der Waals surface area (Å²) < 4.78 is 0. The molecule has 0 unspecified atom stereocenters. The summed E-state index contributed by atoms with van der Waals surface area (Å²) in [4.78, 5) is 28.9. The summed E-state index contributed by atoms with van der Waals surface area (Å²) in [6.07, 6.45) is 1.58. The van der Waals surface area contributed by atoms with Crippen LogP contribution in [0, 0.1) is 20.8 Å². The Kier molecular flexibility index (Phi) is 9.03. The smallest absolute Gasteiger partial charge is 0.243 e. The second-order valence-corrected chi connectivity index (χ2v) is 9.18. The molecule has 4 nitrogen and oxygen atoms in total. The van der Waals surface area contributed by atoms with Crippen molar-refractivity contribution in [3.63, 3.8) is 0 Å². The Morgan fingerprint density at radius 1 is 0.794 bits per heavy atom. The van der Waals surface area contributed by atoms with E-state index < -0.39 is 6.04 Å². The van der Waals surface area contributed by atoms with E-state index in [1.165, 1.54) is 5.56 Å². The third-order valence-electron chi connectivity index (χ3n) is 5.93. The molecule has 0 saturated carbocycles. The minimum Gasteiger partial charge on any atom is -0.354 e. The second kappa shape index (κ2) is 12.2. The van der Waals surface area contributed by atoms with Crippen molar-refractivity contribution in [1.29, 1.82) is 0 Å². The number of benzene rings is 3. The number of hydrogen-bond acceptors (Lipinski definition) is 2. The van der Waals surface area contributed by atoms with Gasteiger partial charge in [-0.3, -0.25) is 9.59 Å². The van der Waals surface area contributed by atoms with Gasteiger partial charge >= 0.3 is 0 Å². The minimum absolute atomic E-state index is 0.0434. The van der Waals surface area contributed by atoms with Gasteiger partial charge in [0, 0.05) is 19.5 Å². The lowest BCUT2D eigenvalue weighted by molar-refractivity contribution is -0.140. The second-order valence-electron chi connectivity index (χ2n) is 9.18. The Labute approximate surface area is 204 Å². The molecule has 0 saturated heterocycles. The monoisotopic (exact) mass is 456 g/mol. The molecule has 0 aliphatic heterocycles. The fourth-order valence-electron chi connectivity index (χ4n) is 4.26. The quantitative estimate of drug-likeness (QED) is 0.449. The van der Waals surface area contributed by atoms with Gasteiger partial charge < -0.3 is 10.2 Å². The van der Waals surface area contributed by atoms with Crippen LogP contribution < -0.4 is 5.32 Å². The van der Waals surface area contributed by atoms with E-state index in [1.54, 1.807) is 4.90 Å². The van der Waals surface area contributed by atoms with Crippen LogP contribution in [0.3, 0.4) is 0 Å². The van der Waals surface area contributed by atoms with Crippen molar-refractivity contribution < 1.29 is 9.59 Å². The maximum Gasteiger partial charge on any atom is 0.243 e. The highest BCUT2D eigenvalue weighted by Gasteiger charge is 2.30. The molecule has 0 fully saturated rings. The first-order valence-corrected chi connectivity index (χ1v) is 12.1. The molecule has 3 aromatic carbocycles. The number of carbonyl (C=O) groups excluding carboxylic acids is 2. The summed E-state index contributed by atoms with van der Waals surface area (Å²) in [7, 11) is 0. The molecule has 2 amide bonds. The molecule has 3 rings (SSSR count). The summed E-state index contributed by atoms with van der Waals surface area (Å²) in [6.45, 7) is 9.14. The molecule has 0 aliphatic rings. The van der Waals surface area contributed by atoms with Crippen LogP contribution in [0.25, 0.3) is 0 Å². The fourth-order valence-corrected chi connectivity index (χ4v) is 4.26. The third kappa shape index (κ3) is 7.31. The largest absolute Gasteiger partial charge is 0.354 e. The number of nitrogens with zero attached hydrogens (tertiary/aromatic N) is 1. The molecule has 34 heavy (non-hydrogen) atoms. The summed E-state index contributed by atoms with van der Waals surface area (Å²) in [5.74, 6) is -0.148. The molecule has 1 N–H and O–H groups in total. The van der Waals surface area contributed by atoms with Crippen molar-refractivity contribution in [2.75, 3.05) is 6.54 Å². The highest BCUT2D eigenvalue weighted by molar-refractivity contribution is 5.88. The van der Waals surface area contributed by atoms with Gasteiger partial charge in [0.2, 0.25) is 11.8 Å². The summed E-state index contributed by atoms with van der Waals surface area (Å²) in [5, 5.41) is 3.03. The van der Waals surface area contributed by atoms with Gasteiger partial charge in [-0.15, -0.1) is 0 Å². The molecule has 1 atom stereocenters. The summed E-state index contributed by atoms with van der Waals surface area (Å²) in [6, 6.07) is 23.7. The van der Waals surface area contributed by atoms with Crippen LogP contribution >= 0.6 is 0 Å². The van der Waals surface area contributed by atoms with Crippen molar-refractivity contribution in [2.24, 2.45) is 0 Å². The van der Waals surface area contributed by atoms with Crippen LogP contribution in [0.1, 0.15) is 46.7 Å². The zero-order valence-electron chi connectivity index (χ0n) is 20.8. The van der Waals surface area contributed by atoms with Crippen LogP contribution in [-0.2, 0) is 29.0 Å². The summed E-state index contributed by atoms with van der Waals surface area (Å²) in [5.41, 5.74) is 6.46. The third-order valence-corrected chi connectivity index (χ3v) is 5.93. The predicted molar refractivity (Wildman–Crippen MR) is 139 cm³/mol. The minimum atomic E-state index is -0.589. The van der Waals surface area contributed by atoms with E-state index in [-0.39, 0.29) is 18.2 Å². The van der Waals surface area contributed by atoms with Crippen molar-refractivity contribution in [3.05, 3.63) is 106 Å². The molecular weight excluding hydrogens is 420 g/mol. The summed E-state index contributed by atoms with van der Waals surface area (Å²) >= 11 is 0. The topological polar surface area (TPSA) is 49.4 Å². The Hall–Kier alpha value is -3.40. The Morgan fingerprint density at radius 3 is 2.06 bits per heavy atom. The lowest BCUT2D eigenvalue weighted by Crippen LogP contribution is -2.51. The van der Waals surface area contributed by atoms with Gasteiger partial charge in [-0.25, -0.2) is 0 Å². The van der Waals surface area contributed by atoms with Gasteiger partial charge in [-0.1, -0.05) is 96.4 Å². The van der Waals surface area contributed by atoms with Crippen LogP contribution in [0.5, 0.6) is 0 Å². The van der Waals surface area contributed by atoms with E-state index in [9.17, 15) is 9.59 Å². The number of rotatable bonds is 10. The molecule has 0 aliphatic carbocycles. The molecule has 0 aromatic heterocycles. The van der Waals surface area contributed by atoms with Gasteiger partial charge in [0.1, 0.15) is 6.04 Å². The average Bonchev–Trinajstić information content (AvgIpc) is 2.81. The fraction of sp³-hybridized carbons (Fsp3) is 0.333. The standard InChI is InChI=1S/C30H36N2O2/c1-5-15-31-30(34)28(19-25-9-7-6-8-10-25)32(21-26-13-11-22(2)12-14-26)29(33)20-27-17-23(3)16-24(4)18-27/h6-14,16-18,28H,5,15,19-21H2,1-4H3,(H,31,34)/t28-/m1/s1. The van der Waals surface area contributed by atoms with Crippen LogP contribution in [0.2, 0.25) is 0 Å². The van der Waals surface area contributed by atoms with E-state index in [2.05, 4.69) is 23.5 Å². The van der Waals surface area contributed by atoms with Gasteiger partial charge in [-0.05, 0) is 43.9 Å².